The molecular weight excluding hydrogens is 301 g/mol. The van der Waals surface area contributed by atoms with Gasteiger partial charge >= 0.3 is 0 Å². The van der Waals surface area contributed by atoms with Crippen molar-refractivity contribution in [3.8, 4) is 17.1 Å². The zero-order valence-electron chi connectivity index (χ0n) is 12.6. The second-order valence-electron chi connectivity index (χ2n) is 4.80. The molecule has 0 fully saturated rings. The predicted octanol–water partition coefficient (Wildman–Crippen LogP) is 2.31. The molecule has 3 rings (SSSR count). The van der Waals surface area contributed by atoms with Gasteiger partial charge in [-0.3, -0.25) is 4.98 Å². The molecule has 0 aromatic carbocycles. The molecule has 0 saturated carbocycles. The number of pyridine rings is 1. The van der Waals surface area contributed by atoms with Crippen LogP contribution in [-0.4, -0.2) is 34.3 Å². The van der Waals surface area contributed by atoms with Gasteiger partial charge in [-0.2, -0.15) is 9.37 Å². The molecule has 0 spiro atoms. The van der Waals surface area contributed by atoms with Crippen LogP contribution in [0.4, 0.5) is 10.3 Å². The molecule has 0 aliphatic heterocycles. The van der Waals surface area contributed by atoms with Crippen molar-refractivity contribution >= 4 is 5.95 Å². The zero-order valence-corrected chi connectivity index (χ0v) is 12.6. The summed E-state index contributed by atoms with van der Waals surface area (Å²) >= 11 is 0. The lowest BCUT2D eigenvalue weighted by Gasteiger charge is -2.15. The van der Waals surface area contributed by atoms with Crippen molar-refractivity contribution in [3.05, 3.63) is 48.4 Å². The molecule has 7 nitrogen and oxygen atoms in total. The van der Waals surface area contributed by atoms with Crippen LogP contribution >= 0.6 is 0 Å². The third-order valence-corrected chi connectivity index (χ3v) is 3.14. The lowest BCUT2D eigenvalue weighted by atomic mass is 10.2. The number of aromatic nitrogens is 4. The van der Waals surface area contributed by atoms with Gasteiger partial charge in [-0.05, 0) is 12.1 Å². The monoisotopic (exact) mass is 315 g/mol. The number of halogens is 1. The Kier molecular flexibility index (Phi) is 4.13. The summed E-state index contributed by atoms with van der Waals surface area (Å²) in [6.45, 7) is 0.377. The maximum absolute atomic E-state index is 13.3. The van der Waals surface area contributed by atoms with Crippen LogP contribution < -0.4 is 9.64 Å². The predicted molar refractivity (Wildman–Crippen MR) is 80.4 cm³/mol. The molecule has 3 aromatic heterocycles. The molecule has 0 aliphatic rings. The van der Waals surface area contributed by atoms with E-state index in [4.69, 9.17) is 9.26 Å². The van der Waals surface area contributed by atoms with E-state index >= 15 is 0 Å². The van der Waals surface area contributed by atoms with Gasteiger partial charge in [0.2, 0.25) is 11.8 Å². The Morgan fingerprint density at radius 2 is 2.22 bits per heavy atom. The standard InChI is InChI=1S/C15H14FN5O2/c1-21(15-18-8-12(16)14(19-15)22-2)9-11-6-13(20-23-11)10-4-3-5-17-7-10/h3-8H,9H2,1-2H3. The van der Waals surface area contributed by atoms with Crippen LogP contribution in [0.5, 0.6) is 5.88 Å². The fourth-order valence-corrected chi connectivity index (χ4v) is 2.01. The SMILES string of the molecule is COc1nc(N(C)Cc2cc(-c3cccnc3)no2)ncc1F. The van der Waals surface area contributed by atoms with Crippen molar-refractivity contribution in [1.82, 2.24) is 20.1 Å². The second kappa shape index (κ2) is 6.39. The molecule has 0 atom stereocenters. The van der Waals surface area contributed by atoms with E-state index < -0.39 is 5.82 Å². The van der Waals surface area contributed by atoms with Crippen molar-refractivity contribution in [1.29, 1.82) is 0 Å². The van der Waals surface area contributed by atoms with E-state index in [9.17, 15) is 4.39 Å². The van der Waals surface area contributed by atoms with Gasteiger partial charge in [-0.1, -0.05) is 5.16 Å². The number of methoxy groups -OCH3 is 1. The van der Waals surface area contributed by atoms with Gasteiger partial charge < -0.3 is 14.2 Å². The lowest BCUT2D eigenvalue weighted by Crippen LogP contribution is -2.19. The maximum atomic E-state index is 13.3. The molecule has 0 aliphatic carbocycles. The van der Waals surface area contributed by atoms with E-state index in [-0.39, 0.29) is 5.88 Å². The number of nitrogens with zero attached hydrogens (tertiary/aromatic N) is 5. The van der Waals surface area contributed by atoms with Crippen molar-refractivity contribution in [2.24, 2.45) is 0 Å². The van der Waals surface area contributed by atoms with Gasteiger partial charge in [-0.15, -0.1) is 0 Å². The topological polar surface area (TPSA) is 77.2 Å². The van der Waals surface area contributed by atoms with Gasteiger partial charge in [-0.25, -0.2) is 4.98 Å². The van der Waals surface area contributed by atoms with Crippen LogP contribution in [0, 0.1) is 5.82 Å². The molecule has 0 saturated heterocycles. The third-order valence-electron chi connectivity index (χ3n) is 3.14. The molecule has 0 bridgehead atoms. The zero-order chi connectivity index (χ0) is 16.2. The molecule has 0 N–H and O–H groups in total. The quantitative estimate of drug-likeness (QED) is 0.715. The van der Waals surface area contributed by atoms with E-state index in [1.54, 1.807) is 24.3 Å². The summed E-state index contributed by atoms with van der Waals surface area (Å²) in [6.07, 6.45) is 4.47. The van der Waals surface area contributed by atoms with Gasteiger partial charge in [0.25, 0.3) is 5.88 Å². The minimum Gasteiger partial charge on any atom is -0.479 e. The fourth-order valence-electron chi connectivity index (χ4n) is 2.01. The van der Waals surface area contributed by atoms with Crippen LogP contribution in [0.15, 0.2) is 41.3 Å². The smallest absolute Gasteiger partial charge is 0.255 e. The van der Waals surface area contributed by atoms with Crippen molar-refractivity contribution in [3.63, 3.8) is 0 Å². The first-order valence-electron chi connectivity index (χ1n) is 6.81. The summed E-state index contributed by atoms with van der Waals surface area (Å²) in [5.74, 6) is 0.236. The van der Waals surface area contributed by atoms with Crippen LogP contribution in [-0.2, 0) is 6.54 Å². The highest BCUT2D eigenvalue weighted by Gasteiger charge is 2.14. The Labute approximate surface area is 131 Å². The normalized spacial score (nSPS) is 10.6. The number of hydrogen-bond acceptors (Lipinski definition) is 7. The van der Waals surface area contributed by atoms with Crippen LogP contribution in [0.2, 0.25) is 0 Å². The van der Waals surface area contributed by atoms with E-state index in [2.05, 4.69) is 20.1 Å². The molecule has 0 radical (unpaired) electrons. The number of hydrogen-bond donors (Lipinski definition) is 0. The van der Waals surface area contributed by atoms with E-state index in [0.29, 0.717) is 23.9 Å². The first-order chi connectivity index (χ1) is 11.2. The molecule has 118 valence electrons. The largest absolute Gasteiger partial charge is 0.479 e. The number of rotatable bonds is 5. The Morgan fingerprint density at radius 3 is 2.96 bits per heavy atom. The van der Waals surface area contributed by atoms with Crippen molar-refractivity contribution in [2.75, 3.05) is 19.1 Å². The highest BCUT2D eigenvalue weighted by Crippen LogP contribution is 2.20. The van der Waals surface area contributed by atoms with Gasteiger partial charge in [0.1, 0.15) is 5.69 Å². The Bertz CT molecular complexity index is 794. The Hall–Kier alpha value is -3.03. The van der Waals surface area contributed by atoms with Crippen LogP contribution in [0.1, 0.15) is 5.76 Å². The van der Waals surface area contributed by atoms with Crippen molar-refractivity contribution in [2.45, 2.75) is 6.54 Å². The molecule has 0 amide bonds. The summed E-state index contributed by atoms with van der Waals surface area (Å²) in [7, 11) is 3.12. The summed E-state index contributed by atoms with van der Waals surface area (Å²) < 4.78 is 23.5. The van der Waals surface area contributed by atoms with Gasteiger partial charge in [0.05, 0.1) is 19.9 Å². The first-order valence-corrected chi connectivity index (χ1v) is 6.81. The minimum absolute atomic E-state index is 0.101. The van der Waals surface area contributed by atoms with Gasteiger partial charge in [0.15, 0.2) is 5.76 Å². The minimum atomic E-state index is -0.608. The molecule has 3 aromatic rings. The summed E-state index contributed by atoms with van der Waals surface area (Å²) in [5, 5.41) is 4.01. The van der Waals surface area contributed by atoms with E-state index in [1.807, 2.05) is 18.2 Å². The molecular formula is C15H14FN5O2. The molecule has 8 heteroatoms. The second-order valence-corrected chi connectivity index (χ2v) is 4.80. The average Bonchev–Trinajstić information content (AvgIpc) is 3.04. The maximum Gasteiger partial charge on any atom is 0.255 e. The fraction of sp³-hybridized carbons (Fsp3) is 0.200. The molecule has 23 heavy (non-hydrogen) atoms. The van der Waals surface area contributed by atoms with E-state index in [0.717, 1.165) is 11.8 Å². The first kappa shape index (κ1) is 14.9. The molecule has 3 heterocycles. The number of anilines is 1. The lowest BCUT2D eigenvalue weighted by molar-refractivity contribution is 0.365. The van der Waals surface area contributed by atoms with Gasteiger partial charge in [0, 0.05) is 31.1 Å². The summed E-state index contributed by atoms with van der Waals surface area (Å²) in [6, 6.07) is 5.54. The highest BCUT2D eigenvalue weighted by atomic mass is 19.1. The van der Waals surface area contributed by atoms with Crippen molar-refractivity contribution < 1.29 is 13.7 Å². The van der Waals surface area contributed by atoms with Crippen LogP contribution in [0.3, 0.4) is 0 Å². The Balaban J connectivity index is 1.76. The highest BCUT2D eigenvalue weighted by molar-refractivity contribution is 5.57. The third kappa shape index (κ3) is 3.25. The summed E-state index contributed by atoms with van der Waals surface area (Å²) in [5.41, 5.74) is 1.56. The van der Waals surface area contributed by atoms with E-state index in [1.165, 1.54) is 7.11 Å². The average molecular weight is 315 g/mol. The number of ether oxygens (including phenoxy) is 1. The molecule has 0 unspecified atom stereocenters. The van der Waals surface area contributed by atoms with Crippen LogP contribution in [0.25, 0.3) is 11.3 Å². The Morgan fingerprint density at radius 1 is 1.35 bits per heavy atom. The summed E-state index contributed by atoms with van der Waals surface area (Å²) in [4.78, 5) is 13.7.